The van der Waals surface area contributed by atoms with E-state index in [0.717, 1.165) is 0 Å². The summed E-state index contributed by atoms with van der Waals surface area (Å²) in [5.41, 5.74) is 0.417. The highest BCUT2D eigenvalue weighted by Crippen LogP contribution is 2.52. The lowest BCUT2D eigenvalue weighted by Crippen LogP contribution is -2.01. The molecule has 0 bridgehead atoms. The maximum Gasteiger partial charge on any atom is 0.335 e. The van der Waals surface area contributed by atoms with Crippen molar-refractivity contribution in [2.75, 3.05) is 13.2 Å². The molecule has 0 aliphatic carbocycles. The van der Waals surface area contributed by atoms with Crippen molar-refractivity contribution in [3.8, 4) is 0 Å². The van der Waals surface area contributed by atoms with Gasteiger partial charge in [-0.25, -0.2) is 0 Å². The van der Waals surface area contributed by atoms with Crippen LogP contribution in [0.4, 0.5) is 0 Å². The van der Waals surface area contributed by atoms with Crippen LogP contribution in [0.3, 0.4) is 0 Å². The van der Waals surface area contributed by atoms with E-state index in [9.17, 15) is 14.2 Å². The van der Waals surface area contributed by atoms with Gasteiger partial charge in [0.25, 0.3) is 0 Å². The Balaban J connectivity index is 3.02. The van der Waals surface area contributed by atoms with Gasteiger partial charge in [-0.3, -0.25) is 14.2 Å². The normalized spacial score (nSPS) is 11.5. The third-order valence-corrected chi connectivity index (χ3v) is 4.64. The van der Waals surface area contributed by atoms with Crippen molar-refractivity contribution in [3.63, 3.8) is 0 Å². The van der Waals surface area contributed by atoms with Crippen molar-refractivity contribution in [1.29, 1.82) is 0 Å². The van der Waals surface area contributed by atoms with Gasteiger partial charge >= 0.3 is 13.6 Å². The number of ketones is 1. The Morgan fingerprint density at radius 1 is 1.18 bits per heavy atom. The van der Waals surface area contributed by atoms with Gasteiger partial charge in [-0.05, 0) is 19.9 Å². The van der Waals surface area contributed by atoms with Crippen molar-refractivity contribution >= 4 is 19.3 Å². The number of hydrogen-bond donors (Lipinski definition) is 0. The Morgan fingerprint density at radius 3 is 2.23 bits per heavy atom. The number of furan rings is 1. The summed E-state index contributed by atoms with van der Waals surface area (Å²) >= 11 is 0. The molecule has 124 valence electrons. The van der Waals surface area contributed by atoms with Gasteiger partial charge < -0.3 is 18.2 Å². The summed E-state index contributed by atoms with van der Waals surface area (Å²) in [5.74, 6) is -0.406. The maximum absolute atomic E-state index is 12.6. The first-order valence-electron chi connectivity index (χ1n) is 6.95. The molecule has 0 unspecified atom stereocenters. The molecule has 0 aliphatic heterocycles. The van der Waals surface area contributed by atoms with Crippen LogP contribution in [0.5, 0.6) is 0 Å². The highest BCUT2D eigenvalue weighted by Gasteiger charge is 2.28. The molecule has 0 radical (unpaired) electrons. The van der Waals surface area contributed by atoms with Gasteiger partial charge in [-0.2, -0.15) is 0 Å². The number of Topliss-reactive ketones (excluding diaryl/α,β-unsaturated/α-hetero) is 1. The molecule has 0 aliphatic rings. The zero-order chi connectivity index (χ0) is 16.8. The molecule has 1 rings (SSSR count). The van der Waals surface area contributed by atoms with Crippen LogP contribution in [-0.4, -0.2) is 25.0 Å². The summed E-state index contributed by atoms with van der Waals surface area (Å²) in [6, 6.07) is 1.53. The highest BCUT2D eigenvalue weighted by atomic mass is 31.2. The lowest BCUT2D eigenvalue weighted by molar-refractivity contribution is -0.142. The monoisotopic (exact) mass is 332 g/mol. The molecule has 1 aromatic heterocycles. The highest BCUT2D eigenvalue weighted by molar-refractivity contribution is 7.53. The van der Waals surface area contributed by atoms with Crippen LogP contribution in [-0.2, 0) is 35.9 Å². The predicted octanol–water partition coefficient (Wildman–Crippen LogP) is 3.31. The molecule has 0 fully saturated rings. The van der Waals surface area contributed by atoms with E-state index in [1.807, 2.05) is 0 Å². The van der Waals surface area contributed by atoms with Crippen molar-refractivity contribution in [2.24, 2.45) is 0 Å². The van der Waals surface area contributed by atoms with E-state index in [4.69, 9.17) is 18.2 Å². The molecule has 0 spiro atoms. The number of carbonyl (C=O) groups is 2. The summed E-state index contributed by atoms with van der Waals surface area (Å²) < 4.78 is 33.2. The maximum atomic E-state index is 12.6. The minimum Gasteiger partial charge on any atom is -0.458 e. The molecule has 7 nitrogen and oxygen atoms in total. The molecule has 8 heteroatoms. The van der Waals surface area contributed by atoms with Gasteiger partial charge in [-0.15, -0.1) is 0 Å². The number of carbonyl (C=O) groups excluding carboxylic acids is 2. The lowest BCUT2D eigenvalue weighted by atomic mass is 10.2. The summed E-state index contributed by atoms with van der Waals surface area (Å²) in [5, 5.41) is 0. The largest absolute Gasteiger partial charge is 0.458 e. The van der Waals surface area contributed by atoms with Crippen LogP contribution in [0.2, 0.25) is 0 Å². The first kappa shape index (κ1) is 18.6. The average molecular weight is 332 g/mol. The van der Waals surface area contributed by atoms with Crippen molar-refractivity contribution < 1.29 is 32.4 Å². The first-order chi connectivity index (χ1) is 10.3. The third-order valence-electron chi connectivity index (χ3n) is 2.61. The van der Waals surface area contributed by atoms with E-state index in [2.05, 4.69) is 0 Å². The second kappa shape index (κ2) is 8.27. The molecule has 0 atom stereocenters. The number of rotatable bonds is 9. The van der Waals surface area contributed by atoms with Crippen LogP contribution in [0.1, 0.15) is 49.6 Å². The zero-order valence-corrected chi connectivity index (χ0v) is 14.1. The molecule has 0 amide bonds. The van der Waals surface area contributed by atoms with Gasteiger partial charge in [0.05, 0.1) is 19.4 Å². The molecule has 1 aromatic rings. The van der Waals surface area contributed by atoms with Crippen molar-refractivity contribution in [2.45, 2.75) is 40.5 Å². The van der Waals surface area contributed by atoms with Crippen molar-refractivity contribution in [3.05, 3.63) is 23.2 Å². The summed E-state index contributed by atoms with van der Waals surface area (Å²) in [6.45, 7) is 6.38. The van der Waals surface area contributed by atoms with Crippen LogP contribution in [0.25, 0.3) is 0 Å². The second-order valence-electron chi connectivity index (χ2n) is 4.51. The number of hydrogen-bond acceptors (Lipinski definition) is 7. The van der Waals surface area contributed by atoms with Gasteiger partial charge in [-0.1, -0.05) is 0 Å². The van der Waals surface area contributed by atoms with Gasteiger partial charge in [0.1, 0.15) is 12.4 Å². The van der Waals surface area contributed by atoms with E-state index in [-0.39, 0.29) is 37.5 Å². The van der Waals surface area contributed by atoms with E-state index in [1.54, 1.807) is 13.8 Å². The molecular formula is C14H21O7P. The third kappa shape index (κ3) is 5.40. The Kier molecular flexibility index (Phi) is 7.00. The quantitative estimate of drug-likeness (QED) is 0.389. The van der Waals surface area contributed by atoms with Gasteiger partial charge in [0.15, 0.2) is 11.5 Å². The Hall–Kier alpha value is -1.43. The smallest absolute Gasteiger partial charge is 0.335 e. The summed E-state index contributed by atoms with van der Waals surface area (Å²) in [6.07, 6.45) is -0.0762. The number of esters is 1. The minimum absolute atomic E-state index is 0.0711. The van der Waals surface area contributed by atoms with E-state index in [0.29, 0.717) is 11.3 Å². The predicted molar refractivity (Wildman–Crippen MR) is 78.7 cm³/mol. The van der Waals surface area contributed by atoms with Crippen LogP contribution >= 0.6 is 7.60 Å². The average Bonchev–Trinajstić information content (AvgIpc) is 2.79. The Morgan fingerprint density at radius 2 is 1.77 bits per heavy atom. The zero-order valence-electron chi connectivity index (χ0n) is 13.2. The minimum atomic E-state index is -3.35. The van der Waals surface area contributed by atoms with Crippen LogP contribution in [0.15, 0.2) is 10.5 Å². The molecule has 22 heavy (non-hydrogen) atoms. The van der Waals surface area contributed by atoms with E-state index >= 15 is 0 Å². The van der Waals surface area contributed by atoms with Gasteiger partial charge in [0.2, 0.25) is 0 Å². The Labute approximate surface area is 129 Å². The fourth-order valence-electron chi connectivity index (χ4n) is 1.88. The SMILES string of the molecule is CCOP(=O)(Cc1cc(COC(C)=O)oc1C(C)=O)OCC. The molecule has 0 aromatic carbocycles. The van der Waals surface area contributed by atoms with E-state index < -0.39 is 13.6 Å². The molecule has 0 saturated heterocycles. The molecule has 0 N–H and O–H groups in total. The second-order valence-corrected chi connectivity index (χ2v) is 6.56. The van der Waals surface area contributed by atoms with Crippen molar-refractivity contribution in [1.82, 2.24) is 0 Å². The Bertz CT molecular complexity index is 566. The molecular weight excluding hydrogens is 311 g/mol. The molecule has 0 saturated carbocycles. The summed E-state index contributed by atoms with van der Waals surface area (Å²) in [7, 11) is -3.35. The topological polar surface area (TPSA) is 92.0 Å². The first-order valence-corrected chi connectivity index (χ1v) is 8.68. The standard InChI is InChI=1S/C14H21O7P/c1-5-19-22(17,20-6-2)9-12-7-13(8-18-11(4)16)21-14(12)10(3)15/h7H,5-6,8-9H2,1-4H3. The van der Waals surface area contributed by atoms with E-state index in [1.165, 1.54) is 19.9 Å². The number of ether oxygens (including phenoxy) is 1. The fraction of sp³-hybridized carbons (Fsp3) is 0.571. The fourth-order valence-corrected chi connectivity index (χ4v) is 3.57. The van der Waals surface area contributed by atoms with Crippen LogP contribution in [0, 0.1) is 0 Å². The van der Waals surface area contributed by atoms with Gasteiger partial charge in [0, 0.05) is 19.4 Å². The lowest BCUT2D eigenvalue weighted by Gasteiger charge is -2.16. The molecule has 1 heterocycles. The van der Waals surface area contributed by atoms with Crippen LogP contribution < -0.4 is 0 Å². The summed E-state index contributed by atoms with van der Waals surface area (Å²) in [4.78, 5) is 22.5.